The van der Waals surface area contributed by atoms with Gasteiger partial charge in [-0.3, -0.25) is 0 Å². The first kappa shape index (κ1) is 18.3. The van der Waals surface area contributed by atoms with Crippen molar-refractivity contribution in [1.29, 1.82) is 0 Å². The summed E-state index contributed by atoms with van der Waals surface area (Å²) in [6.07, 6.45) is 1.92. The molecule has 0 aliphatic heterocycles. The second kappa shape index (κ2) is 8.75. The average molecular weight is 346 g/mol. The highest BCUT2D eigenvalue weighted by Crippen LogP contribution is 2.15. The molecule has 0 saturated heterocycles. The van der Waals surface area contributed by atoms with Gasteiger partial charge in [0.2, 0.25) is 0 Å². The van der Waals surface area contributed by atoms with Gasteiger partial charge in [-0.05, 0) is 61.7 Å². The largest absolute Gasteiger partial charge is 0.0683 e. The third kappa shape index (κ3) is 5.50. The Bertz CT molecular complexity index is 1110. The van der Waals surface area contributed by atoms with Crippen LogP contribution in [0.4, 0.5) is 0 Å². The van der Waals surface area contributed by atoms with Crippen LogP contribution in [0.15, 0.2) is 78.9 Å². The lowest BCUT2D eigenvalue weighted by molar-refractivity contribution is 1.45. The van der Waals surface area contributed by atoms with Gasteiger partial charge in [-0.15, -0.1) is 0 Å². The fourth-order valence-electron chi connectivity index (χ4n) is 2.78. The average Bonchev–Trinajstić information content (AvgIpc) is 2.64. The number of aryl methyl sites for hydroxylation is 3. The van der Waals surface area contributed by atoms with Gasteiger partial charge in [-0.2, -0.15) is 0 Å². The molecule has 3 rings (SSSR count). The number of benzene rings is 3. The van der Waals surface area contributed by atoms with E-state index in [1.807, 2.05) is 30.3 Å². The second-order valence-electron chi connectivity index (χ2n) is 6.69. The molecule has 0 bridgehead atoms. The van der Waals surface area contributed by atoms with Crippen LogP contribution in [0.25, 0.3) is 5.57 Å². The molecule has 0 heteroatoms. The summed E-state index contributed by atoms with van der Waals surface area (Å²) in [6, 6.07) is 24.8. The third-order valence-corrected chi connectivity index (χ3v) is 4.14. The predicted octanol–water partition coefficient (Wildman–Crippen LogP) is 6.10. The summed E-state index contributed by atoms with van der Waals surface area (Å²) in [5.41, 5.74) is 7.68. The van der Waals surface area contributed by atoms with E-state index in [1.165, 1.54) is 16.7 Å². The van der Waals surface area contributed by atoms with Crippen molar-refractivity contribution in [2.75, 3.05) is 0 Å². The fraction of sp³-hybridized carbons (Fsp3) is 0.111. The van der Waals surface area contributed by atoms with Crippen molar-refractivity contribution in [3.8, 4) is 23.7 Å². The highest BCUT2D eigenvalue weighted by Gasteiger charge is 1.98. The molecule has 0 radical (unpaired) electrons. The maximum absolute atomic E-state index is 3.31. The van der Waals surface area contributed by atoms with Gasteiger partial charge in [-0.25, -0.2) is 0 Å². The highest BCUT2D eigenvalue weighted by molar-refractivity contribution is 5.81. The van der Waals surface area contributed by atoms with Crippen molar-refractivity contribution >= 4 is 5.57 Å². The Kier molecular flexibility index (Phi) is 5.94. The van der Waals surface area contributed by atoms with Gasteiger partial charge in [0.05, 0.1) is 0 Å². The number of rotatable bonds is 1. The third-order valence-electron chi connectivity index (χ3n) is 4.14. The van der Waals surface area contributed by atoms with Crippen LogP contribution in [-0.4, -0.2) is 0 Å². The highest BCUT2D eigenvalue weighted by atomic mass is 14.0. The normalized spacial score (nSPS) is 10.4. The molecular weight excluding hydrogens is 324 g/mol. The van der Waals surface area contributed by atoms with Crippen molar-refractivity contribution in [3.05, 3.63) is 112 Å². The molecule has 0 aliphatic carbocycles. The Labute approximate surface area is 162 Å². The van der Waals surface area contributed by atoms with E-state index >= 15 is 0 Å². The number of allylic oxidation sites excluding steroid dienone is 2. The van der Waals surface area contributed by atoms with Crippen molar-refractivity contribution < 1.29 is 0 Å². The van der Waals surface area contributed by atoms with E-state index in [9.17, 15) is 0 Å². The monoisotopic (exact) mass is 346 g/mol. The van der Waals surface area contributed by atoms with E-state index in [-0.39, 0.29) is 0 Å². The fourth-order valence-corrected chi connectivity index (χ4v) is 2.78. The standard InChI is InChI=1S/C27H22/c1-21-8-4-11-24(18-21)13-7-14-26(27-15-6-10-23(3)20-27)17-16-25-12-5-9-22(2)19-25/h4-6,8-12,14-15,18-20H,1-3H3/b26-14-. The topological polar surface area (TPSA) is 0 Å². The molecule has 0 aliphatic rings. The molecule has 0 saturated carbocycles. The minimum Gasteiger partial charge on any atom is -0.0683 e. The molecule has 130 valence electrons. The summed E-state index contributed by atoms with van der Waals surface area (Å²) in [7, 11) is 0. The Morgan fingerprint density at radius 1 is 0.667 bits per heavy atom. The van der Waals surface area contributed by atoms with E-state index in [0.29, 0.717) is 0 Å². The van der Waals surface area contributed by atoms with Gasteiger partial charge < -0.3 is 0 Å². The molecule has 3 aromatic rings. The first-order valence-electron chi connectivity index (χ1n) is 9.04. The molecule has 0 amide bonds. The van der Waals surface area contributed by atoms with Crippen LogP contribution in [-0.2, 0) is 0 Å². The molecule has 0 aromatic heterocycles. The van der Waals surface area contributed by atoms with Crippen LogP contribution < -0.4 is 0 Å². The molecule has 0 heterocycles. The van der Waals surface area contributed by atoms with Gasteiger partial charge in [0.25, 0.3) is 0 Å². The molecule has 0 spiro atoms. The summed E-state index contributed by atoms with van der Waals surface area (Å²) < 4.78 is 0. The van der Waals surface area contributed by atoms with Gasteiger partial charge in [0.15, 0.2) is 0 Å². The molecule has 0 unspecified atom stereocenters. The molecule has 0 fully saturated rings. The molecular formula is C27H22. The molecule has 0 N–H and O–H groups in total. The second-order valence-corrected chi connectivity index (χ2v) is 6.69. The maximum atomic E-state index is 3.31. The van der Waals surface area contributed by atoms with E-state index < -0.39 is 0 Å². The molecule has 3 aromatic carbocycles. The maximum Gasteiger partial charge on any atom is 0.0405 e. The molecule has 27 heavy (non-hydrogen) atoms. The Hall–Kier alpha value is -3.48. The smallest absolute Gasteiger partial charge is 0.0405 e. The summed E-state index contributed by atoms with van der Waals surface area (Å²) in [5.74, 6) is 13.0. The summed E-state index contributed by atoms with van der Waals surface area (Å²) >= 11 is 0. The van der Waals surface area contributed by atoms with Gasteiger partial charge >= 0.3 is 0 Å². The van der Waals surface area contributed by atoms with Crippen LogP contribution in [0.2, 0.25) is 0 Å². The molecule has 0 atom stereocenters. The van der Waals surface area contributed by atoms with Gasteiger partial charge in [0, 0.05) is 22.8 Å². The van der Waals surface area contributed by atoms with Crippen molar-refractivity contribution in [2.24, 2.45) is 0 Å². The predicted molar refractivity (Wildman–Crippen MR) is 115 cm³/mol. The van der Waals surface area contributed by atoms with Crippen molar-refractivity contribution in [2.45, 2.75) is 20.8 Å². The van der Waals surface area contributed by atoms with Crippen LogP contribution in [0, 0.1) is 44.5 Å². The zero-order valence-corrected chi connectivity index (χ0v) is 16.0. The van der Waals surface area contributed by atoms with E-state index in [4.69, 9.17) is 0 Å². The minimum absolute atomic E-state index is 0.931. The SMILES string of the molecule is Cc1cccc(C#C/C=C(/C#Cc2cccc(C)c2)c2cccc(C)c2)c1. The van der Waals surface area contributed by atoms with Gasteiger partial charge in [0.1, 0.15) is 0 Å². The minimum atomic E-state index is 0.931. The van der Waals surface area contributed by atoms with E-state index in [2.05, 4.69) is 93.0 Å². The van der Waals surface area contributed by atoms with Gasteiger partial charge in [-0.1, -0.05) is 77.8 Å². The summed E-state index contributed by atoms with van der Waals surface area (Å²) in [6.45, 7) is 6.25. The Morgan fingerprint density at radius 3 is 1.81 bits per heavy atom. The lowest BCUT2D eigenvalue weighted by Gasteiger charge is -2.01. The zero-order chi connectivity index (χ0) is 19.1. The van der Waals surface area contributed by atoms with E-state index in [1.54, 1.807) is 0 Å². The lowest BCUT2D eigenvalue weighted by Crippen LogP contribution is -1.84. The first-order valence-corrected chi connectivity index (χ1v) is 9.04. The van der Waals surface area contributed by atoms with E-state index in [0.717, 1.165) is 22.3 Å². The molecule has 0 nitrogen and oxygen atoms in total. The van der Waals surface area contributed by atoms with Crippen molar-refractivity contribution in [1.82, 2.24) is 0 Å². The zero-order valence-electron chi connectivity index (χ0n) is 16.0. The van der Waals surface area contributed by atoms with Crippen LogP contribution >= 0.6 is 0 Å². The summed E-state index contributed by atoms with van der Waals surface area (Å²) in [5, 5.41) is 0. The van der Waals surface area contributed by atoms with Crippen molar-refractivity contribution in [3.63, 3.8) is 0 Å². The lowest BCUT2D eigenvalue weighted by atomic mass is 10.0. The number of hydrogen-bond donors (Lipinski definition) is 0. The van der Waals surface area contributed by atoms with Crippen LogP contribution in [0.3, 0.4) is 0 Å². The summed E-state index contributed by atoms with van der Waals surface area (Å²) in [4.78, 5) is 0. The Balaban J connectivity index is 1.98. The quantitative estimate of drug-likeness (QED) is 0.467. The Morgan fingerprint density at radius 2 is 1.22 bits per heavy atom. The van der Waals surface area contributed by atoms with Crippen LogP contribution in [0.1, 0.15) is 33.4 Å². The van der Waals surface area contributed by atoms with Crippen LogP contribution in [0.5, 0.6) is 0 Å². The first-order chi connectivity index (χ1) is 13.1. The number of hydrogen-bond acceptors (Lipinski definition) is 0.